The maximum absolute atomic E-state index is 9.42. The van der Waals surface area contributed by atoms with Crippen LogP contribution in [0.3, 0.4) is 0 Å². The van der Waals surface area contributed by atoms with E-state index in [1.807, 2.05) is 36.0 Å². The van der Waals surface area contributed by atoms with Gasteiger partial charge in [0, 0.05) is 16.4 Å². The number of ether oxygens (including phenoxy) is 1. The van der Waals surface area contributed by atoms with Crippen LogP contribution in [0, 0.1) is 0 Å². The number of aromatic hydroxyl groups is 1. The Bertz CT molecular complexity index is 598. The minimum absolute atomic E-state index is 0.0986. The summed E-state index contributed by atoms with van der Waals surface area (Å²) in [6.07, 6.45) is 0. The van der Waals surface area contributed by atoms with Crippen molar-refractivity contribution < 1.29 is 9.84 Å². The first-order valence-corrected chi connectivity index (χ1v) is 8.25. The van der Waals surface area contributed by atoms with Crippen molar-refractivity contribution in [1.29, 1.82) is 0 Å². The Morgan fingerprint density at radius 2 is 1.57 bits per heavy atom. The maximum atomic E-state index is 9.42. The summed E-state index contributed by atoms with van der Waals surface area (Å²) in [7, 11) is 0. The van der Waals surface area contributed by atoms with Gasteiger partial charge >= 0.3 is 0 Å². The number of hydrogen-bond acceptors (Lipinski definition) is 3. The molecule has 0 spiro atoms. The summed E-state index contributed by atoms with van der Waals surface area (Å²) in [4.78, 5) is 0. The third kappa shape index (κ3) is 3.35. The Kier molecular flexibility index (Phi) is 3.85. The molecule has 3 rings (SSSR count). The Labute approximate surface area is 130 Å². The van der Waals surface area contributed by atoms with E-state index in [0.717, 1.165) is 12.4 Å². The molecule has 21 heavy (non-hydrogen) atoms. The number of phenolic OH excluding ortho intramolecular Hbond substituents is 1. The summed E-state index contributed by atoms with van der Waals surface area (Å²) in [6, 6.07) is 15.8. The average molecular weight is 300 g/mol. The van der Waals surface area contributed by atoms with Gasteiger partial charge in [-0.15, -0.1) is 0 Å². The van der Waals surface area contributed by atoms with Crippen LogP contribution in [0.1, 0.15) is 25.0 Å². The molecule has 1 heterocycles. The second-order valence-corrected chi connectivity index (χ2v) is 7.30. The van der Waals surface area contributed by atoms with Gasteiger partial charge in [-0.25, -0.2) is 0 Å². The molecule has 0 radical (unpaired) electrons. The monoisotopic (exact) mass is 300 g/mol. The minimum atomic E-state index is -0.0986. The predicted molar refractivity (Wildman–Crippen MR) is 88.4 cm³/mol. The molecule has 1 aliphatic rings. The number of rotatable bonds is 5. The summed E-state index contributed by atoms with van der Waals surface area (Å²) < 4.78 is 5.77. The van der Waals surface area contributed by atoms with E-state index in [-0.39, 0.29) is 5.41 Å². The lowest BCUT2D eigenvalue weighted by atomic mass is 9.78. The van der Waals surface area contributed by atoms with Crippen molar-refractivity contribution in [1.82, 2.24) is 0 Å². The first kappa shape index (κ1) is 14.3. The van der Waals surface area contributed by atoms with E-state index in [1.54, 1.807) is 12.1 Å². The molecule has 0 bridgehead atoms. The smallest absolute Gasteiger partial charge is 0.119 e. The van der Waals surface area contributed by atoms with Gasteiger partial charge in [-0.05, 0) is 35.4 Å². The van der Waals surface area contributed by atoms with Crippen LogP contribution < -0.4 is 4.74 Å². The second-order valence-electron chi connectivity index (χ2n) is 5.96. The van der Waals surface area contributed by atoms with E-state index in [9.17, 15) is 5.11 Å². The number of hydrogen-bond donors (Lipinski definition) is 1. The SMILES string of the molecule is CC(C)(c1ccc(O)cc1)c1ccc(OCC2CS2)cc1. The highest BCUT2D eigenvalue weighted by Crippen LogP contribution is 2.34. The lowest BCUT2D eigenvalue weighted by Crippen LogP contribution is -2.18. The zero-order chi connectivity index (χ0) is 14.9. The van der Waals surface area contributed by atoms with Gasteiger partial charge in [0.05, 0.1) is 0 Å². The zero-order valence-electron chi connectivity index (χ0n) is 12.4. The highest BCUT2D eigenvalue weighted by atomic mass is 32.2. The Morgan fingerprint density at radius 1 is 1.05 bits per heavy atom. The van der Waals surface area contributed by atoms with Crippen molar-refractivity contribution in [2.24, 2.45) is 0 Å². The molecule has 1 fully saturated rings. The average Bonchev–Trinajstić information content (AvgIpc) is 3.30. The Hall–Kier alpha value is -1.61. The molecular formula is C18H20O2S. The van der Waals surface area contributed by atoms with Crippen LogP contribution in [0.2, 0.25) is 0 Å². The highest BCUT2D eigenvalue weighted by molar-refractivity contribution is 8.06. The van der Waals surface area contributed by atoms with Crippen molar-refractivity contribution in [3.8, 4) is 11.5 Å². The molecule has 1 atom stereocenters. The van der Waals surface area contributed by atoms with Crippen LogP contribution in [0.15, 0.2) is 48.5 Å². The first-order valence-electron chi connectivity index (χ1n) is 7.20. The predicted octanol–water partition coefficient (Wildman–Crippen LogP) is 4.21. The van der Waals surface area contributed by atoms with Crippen molar-refractivity contribution >= 4 is 11.8 Å². The lowest BCUT2D eigenvalue weighted by molar-refractivity contribution is 0.329. The fourth-order valence-electron chi connectivity index (χ4n) is 2.37. The molecule has 2 nitrogen and oxygen atoms in total. The fraction of sp³-hybridized carbons (Fsp3) is 0.333. The molecule has 1 unspecified atom stereocenters. The van der Waals surface area contributed by atoms with E-state index in [1.165, 1.54) is 16.9 Å². The normalized spacial score (nSPS) is 17.5. The topological polar surface area (TPSA) is 29.5 Å². The molecule has 0 saturated carbocycles. The number of thioether (sulfide) groups is 1. The van der Waals surface area contributed by atoms with Gasteiger partial charge < -0.3 is 9.84 Å². The van der Waals surface area contributed by atoms with E-state index in [4.69, 9.17) is 4.74 Å². The largest absolute Gasteiger partial charge is 0.508 e. The van der Waals surface area contributed by atoms with Gasteiger partial charge in [0.15, 0.2) is 0 Å². The van der Waals surface area contributed by atoms with Crippen LogP contribution in [-0.4, -0.2) is 22.7 Å². The summed E-state index contributed by atoms with van der Waals surface area (Å²) in [6.45, 7) is 5.19. The maximum Gasteiger partial charge on any atom is 0.119 e. The van der Waals surface area contributed by atoms with Crippen LogP contribution in [0.25, 0.3) is 0 Å². The van der Waals surface area contributed by atoms with Gasteiger partial charge in [0.1, 0.15) is 18.1 Å². The zero-order valence-corrected chi connectivity index (χ0v) is 13.2. The standard InChI is InChI=1S/C18H20O2S/c1-18(2,13-3-7-15(19)8-4-13)14-5-9-16(10-6-14)20-11-17-12-21-17/h3-10,17,19H,11-12H2,1-2H3. The molecule has 110 valence electrons. The van der Waals surface area contributed by atoms with E-state index in [0.29, 0.717) is 11.0 Å². The van der Waals surface area contributed by atoms with Gasteiger partial charge in [0.2, 0.25) is 0 Å². The van der Waals surface area contributed by atoms with Gasteiger partial charge in [-0.3, -0.25) is 0 Å². The van der Waals surface area contributed by atoms with E-state index < -0.39 is 0 Å². The molecule has 1 N–H and O–H groups in total. The third-order valence-corrected chi connectivity index (χ3v) is 4.94. The molecule has 2 aromatic carbocycles. The molecule has 1 saturated heterocycles. The Morgan fingerprint density at radius 3 is 2.10 bits per heavy atom. The molecule has 0 aliphatic carbocycles. The van der Waals surface area contributed by atoms with E-state index >= 15 is 0 Å². The van der Waals surface area contributed by atoms with Gasteiger partial charge in [-0.2, -0.15) is 11.8 Å². The summed E-state index contributed by atoms with van der Waals surface area (Å²) in [5.74, 6) is 2.47. The first-order chi connectivity index (χ1) is 10.1. The molecule has 2 aromatic rings. The number of benzene rings is 2. The fourth-order valence-corrected chi connectivity index (χ4v) is 2.76. The minimum Gasteiger partial charge on any atom is -0.508 e. The molecule has 0 amide bonds. The highest BCUT2D eigenvalue weighted by Gasteiger charge is 2.24. The second kappa shape index (κ2) is 5.64. The van der Waals surface area contributed by atoms with Gasteiger partial charge in [-0.1, -0.05) is 38.1 Å². The molecule has 0 aromatic heterocycles. The summed E-state index contributed by atoms with van der Waals surface area (Å²) in [5.41, 5.74) is 2.32. The summed E-state index contributed by atoms with van der Waals surface area (Å²) >= 11 is 1.95. The molecular weight excluding hydrogens is 280 g/mol. The van der Waals surface area contributed by atoms with Crippen LogP contribution in [0.5, 0.6) is 11.5 Å². The van der Waals surface area contributed by atoms with Crippen molar-refractivity contribution in [3.63, 3.8) is 0 Å². The van der Waals surface area contributed by atoms with Crippen LogP contribution >= 0.6 is 11.8 Å². The van der Waals surface area contributed by atoms with Crippen LogP contribution in [-0.2, 0) is 5.41 Å². The van der Waals surface area contributed by atoms with Gasteiger partial charge in [0.25, 0.3) is 0 Å². The molecule has 3 heteroatoms. The van der Waals surface area contributed by atoms with Crippen molar-refractivity contribution in [2.75, 3.05) is 12.4 Å². The van der Waals surface area contributed by atoms with Crippen molar-refractivity contribution in [3.05, 3.63) is 59.7 Å². The Balaban J connectivity index is 1.76. The lowest BCUT2D eigenvalue weighted by Gasteiger charge is -2.26. The third-order valence-electron chi connectivity index (χ3n) is 4.00. The van der Waals surface area contributed by atoms with Crippen LogP contribution in [0.4, 0.5) is 0 Å². The summed E-state index contributed by atoms with van der Waals surface area (Å²) in [5, 5.41) is 10.1. The quantitative estimate of drug-likeness (QED) is 0.839. The van der Waals surface area contributed by atoms with Crippen molar-refractivity contribution in [2.45, 2.75) is 24.5 Å². The molecule has 1 aliphatic heterocycles. The van der Waals surface area contributed by atoms with E-state index in [2.05, 4.69) is 26.0 Å². The number of phenols is 1.